The molecule has 3 rings (SSSR count). The lowest BCUT2D eigenvalue weighted by molar-refractivity contribution is -0.154. The van der Waals surface area contributed by atoms with Crippen LogP contribution in [0.25, 0.3) is 0 Å². The SMILES string of the molecule is C[C@@H](OC(=O)C[C@@H]1Sc2ccccc2NC1=O)C(=O)NC(=O)NC1CCCC1. The second-order valence-corrected chi connectivity index (χ2v) is 8.12. The van der Waals surface area contributed by atoms with Gasteiger partial charge in [0, 0.05) is 10.9 Å². The van der Waals surface area contributed by atoms with Crippen LogP contribution in [0.4, 0.5) is 10.5 Å². The van der Waals surface area contributed by atoms with Crippen LogP contribution in [0.15, 0.2) is 29.2 Å². The number of amides is 4. The van der Waals surface area contributed by atoms with Crippen molar-refractivity contribution in [3.05, 3.63) is 24.3 Å². The quantitative estimate of drug-likeness (QED) is 0.647. The van der Waals surface area contributed by atoms with Crippen LogP contribution in [0.1, 0.15) is 39.0 Å². The summed E-state index contributed by atoms with van der Waals surface area (Å²) in [5.74, 6) is -1.66. The number of carbonyl (C=O) groups excluding carboxylic acids is 4. The number of hydrogen-bond donors (Lipinski definition) is 3. The van der Waals surface area contributed by atoms with Gasteiger partial charge in [0.15, 0.2) is 6.10 Å². The van der Waals surface area contributed by atoms with Crippen LogP contribution >= 0.6 is 11.8 Å². The van der Waals surface area contributed by atoms with Gasteiger partial charge in [-0.25, -0.2) is 4.79 Å². The predicted octanol–water partition coefficient (Wildman–Crippen LogP) is 2.19. The Balaban J connectivity index is 1.45. The number of para-hydroxylation sites is 1. The van der Waals surface area contributed by atoms with E-state index >= 15 is 0 Å². The average molecular weight is 405 g/mol. The lowest BCUT2D eigenvalue weighted by atomic mass is 10.2. The Labute approximate surface area is 167 Å². The average Bonchev–Trinajstić information content (AvgIpc) is 3.15. The normalized spacial score (nSPS) is 19.9. The molecule has 1 heterocycles. The molecule has 28 heavy (non-hydrogen) atoms. The Morgan fingerprint density at radius 1 is 1.25 bits per heavy atom. The molecule has 1 aliphatic heterocycles. The number of rotatable bonds is 5. The van der Waals surface area contributed by atoms with Crippen molar-refractivity contribution in [2.45, 2.75) is 61.3 Å². The fraction of sp³-hybridized carbons (Fsp3) is 0.474. The Kier molecular flexibility index (Phi) is 6.56. The van der Waals surface area contributed by atoms with Gasteiger partial charge < -0.3 is 15.4 Å². The van der Waals surface area contributed by atoms with Gasteiger partial charge in [0.25, 0.3) is 5.91 Å². The molecule has 8 nitrogen and oxygen atoms in total. The molecule has 4 amide bonds. The maximum Gasteiger partial charge on any atom is 0.321 e. The van der Waals surface area contributed by atoms with E-state index in [1.807, 2.05) is 18.2 Å². The summed E-state index contributed by atoms with van der Waals surface area (Å²) in [5, 5.41) is 7.03. The van der Waals surface area contributed by atoms with E-state index in [9.17, 15) is 19.2 Å². The number of nitrogens with one attached hydrogen (secondary N) is 3. The second-order valence-electron chi connectivity index (χ2n) is 6.87. The third kappa shape index (κ3) is 5.25. The van der Waals surface area contributed by atoms with Gasteiger partial charge in [0.2, 0.25) is 5.91 Å². The van der Waals surface area contributed by atoms with Crippen molar-refractivity contribution in [3.63, 3.8) is 0 Å². The number of imide groups is 1. The highest BCUT2D eigenvalue weighted by Gasteiger charge is 2.31. The van der Waals surface area contributed by atoms with Gasteiger partial charge in [-0.15, -0.1) is 11.8 Å². The number of hydrogen-bond acceptors (Lipinski definition) is 6. The van der Waals surface area contributed by atoms with Gasteiger partial charge in [-0.1, -0.05) is 25.0 Å². The summed E-state index contributed by atoms with van der Waals surface area (Å²) >= 11 is 1.28. The minimum Gasteiger partial charge on any atom is -0.452 e. The summed E-state index contributed by atoms with van der Waals surface area (Å²) in [5.41, 5.74) is 0.711. The number of thioether (sulfide) groups is 1. The van der Waals surface area contributed by atoms with Crippen LogP contribution < -0.4 is 16.0 Å². The Morgan fingerprint density at radius 2 is 1.96 bits per heavy atom. The topological polar surface area (TPSA) is 114 Å². The molecule has 1 aromatic carbocycles. The molecule has 150 valence electrons. The van der Waals surface area contributed by atoms with Crippen LogP contribution in [0.3, 0.4) is 0 Å². The van der Waals surface area contributed by atoms with Crippen LogP contribution in [0, 0.1) is 0 Å². The highest BCUT2D eigenvalue weighted by molar-refractivity contribution is 8.01. The molecule has 0 radical (unpaired) electrons. The minimum absolute atomic E-state index is 0.0790. The van der Waals surface area contributed by atoms with E-state index < -0.39 is 29.3 Å². The summed E-state index contributed by atoms with van der Waals surface area (Å²) in [6.07, 6.45) is 2.61. The molecule has 3 N–H and O–H groups in total. The van der Waals surface area contributed by atoms with Crippen molar-refractivity contribution < 1.29 is 23.9 Å². The van der Waals surface area contributed by atoms with Crippen LogP contribution in [0.5, 0.6) is 0 Å². The highest BCUT2D eigenvalue weighted by atomic mass is 32.2. The Bertz CT molecular complexity index is 779. The number of urea groups is 1. The maximum atomic E-state index is 12.2. The number of anilines is 1. The molecular formula is C19H23N3O5S. The Hall–Kier alpha value is -2.55. The van der Waals surface area contributed by atoms with Gasteiger partial charge >= 0.3 is 12.0 Å². The fourth-order valence-electron chi connectivity index (χ4n) is 3.18. The number of esters is 1. The third-order valence-corrected chi connectivity index (χ3v) is 5.94. The molecule has 1 aromatic rings. The van der Waals surface area contributed by atoms with Crippen molar-refractivity contribution in [1.82, 2.24) is 10.6 Å². The molecule has 9 heteroatoms. The zero-order valence-electron chi connectivity index (χ0n) is 15.5. The predicted molar refractivity (Wildman–Crippen MR) is 104 cm³/mol. The first kappa shape index (κ1) is 20.2. The van der Waals surface area contributed by atoms with E-state index in [0.717, 1.165) is 30.6 Å². The van der Waals surface area contributed by atoms with E-state index in [0.29, 0.717) is 5.69 Å². The summed E-state index contributed by atoms with van der Waals surface area (Å²) in [6.45, 7) is 1.39. The largest absolute Gasteiger partial charge is 0.452 e. The summed E-state index contributed by atoms with van der Waals surface area (Å²) < 4.78 is 5.10. The number of benzene rings is 1. The molecule has 0 saturated heterocycles. The van der Waals surface area contributed by atoms with Crippen molar-refractivity contribution in [3.8, 4) is 0 Å². The van der Waals surface area contributed by atoms with Gasteiger partial charge in [-0.3, -0.25) is 19.7 Å². The van der Waals surface area contributed by atoms with E-state index in [1.54, 1.807) is 6.07 Å². The maximum absolute atomic E-state index is 12.2. The van der Waals surface area contributed by atoms with E-state index in [-0.39, 0.29) is 18.4 Å². The molecule has 2 atom stereocenters. The zero-order chi connectivity index (χ0) is 20.1. The van der Waals surface area contributed by atoms with Crippen molar-refractivity contribution in [1.29, 1.82) is 0 Å². The van der Waals surface area contributed by atoms with Crippen molar-refractivity contribution >= 4 is 41.3 Å². The highest BCUT2D eigenvalue weighted by Crippen LogP contribution is 2.36. The Morgan fingerprint density at radius 3 is 2.71 bits per heavy atom. The van der Waals surface area contributed by atoms with E-state index in [1.165, 1.54) is 18.7 Å². The molecule has 0 unspecified atom stereocenters. The number of fused-ring (bicyclic) bond motifs is 1. The molecular weight excluding hydrogens is 382 g/mol. The minimum atomic E-state index is -1.13. The molecule has 1 saturated carbocycles. The lowest BCUT2D eigenvalue weighted by Gasteiger charge is -2.23. The number of ether oxygens (including phenoxy) is 1. The van der Waals surface area contributed by atoms with Crippen LogP contribution in [0.2, 0.25) is 0 Å². The number of carbonyl (C=O) groups is 4. The molecule has 0 bridgehead atoms. The summed E-state index contributed by atoms with van der Waals surface area (Å²) in [7, 11) is 0. The van der Waals surface area contributed by atoms with E-state index in [2.05, 4.69) is 16.0 Å². The first-order valence-corrected chi connectivity index (χ1v) is 10.2. The zero-order valence-corrected chi connectivity index (χ0v) is 16.3. The standard InChI is InChI=1S/C19H23N3O5S/c1-11(17(24)22-19(26)20-12-6-2-3-7-12)27-16(23)10-15-18(25)21-13-8-4-5-9-14(13)28-15/h4-5,8-9,11-12,15H,2-3,6-7,10H2,1H3,(H,21,25)(H2,20,22,24,26)/t11-,15+/m1/s1. The molecule has 0 aromatic heterocycles. The lowest BCUT2D eigenvalue weighted by Crippen LogP contribution is -2.47. The molecule has 0 spiro atoms. The van der Waals surface area contributed by atoms with E-state index in [4.69, 9.17) is 4.74 Å². The molecule has 1 fully saturated rings. The first-order valence-electron chi connectivity index (χ1n) is 9.30. The molecule has 1 aliphatic carbocycles. The first-order chi connectivity index (χ1) is 13.4. The summed E-state index contributed by atoms with van der Waals surface area (Å²) in [4.78, 5) is 49.1. The van der Waals surface area contributed by atoms with Gasteiger partial charge in [0.1, 0.15) is 0 Å². The smallest absolute Gasteiger partial charge is 0.321 e. The summed E-state index contributed by atoms with van der Waals surface area (Å²) in [6, 6.07) is 6.81. The fourth-order valence-corrected chi connectivity index (χ4v) is 4.28. The van der Waals surface area contributed by atoms with Crippen LogP contribution in [-0.4, -0.2) is 41.2 Å². The van der Waals surface area contributed by atoms with Crippen LogP contribution in [-0.2, 0) is 19.1 Å². The van der Waals surface area contributed by atoms with Crippen molar-refractivity contribution in [2.24, 2.45) is 0 Å². The van der Waals surface area contributed by atoms with Gasteiger partial charge in [0.05, 0.1) is 17.4 Å². The van der Waals surface area contributed by atoms with Gasteiger partial charge in [-0.05, 0) is 31.9 Å². The monoisotopic (exact) mass is 405 g/mol. The molecule has 2 aliphatic rings. The van der Waals surface area contributed by atoms with Gasteiger partial charge in [-0.2, -0.15) is 0 Å². The second kappa shape index (κ2) is 9.09. The van der Waals surface area contributed by atoms with Crippen molar-refractivity contribution in [2.75, 3.05) is 5.32 Å². The third-order valence-electron chi connectivity index (χ3n) is 4.66.